The summed E-state index contributed by atoms with van der Waals surface area (Å²) >= 11 is 1.38. The highest BCUT2D eigenvalue weighted by atomic mass is 32.1. The van der Waals surface area contributed by atoms with Crippen LogP contribution < -0.4 is 25.4 Å². The van der Waals surface area contributed by atoms with E-state index in [1.165, 1.54) is 30.1 Å². The molecule has 6 rings (SSSR count). The molecule has 1 atom stereocenters. The molecule has 288 valence electrons. The van der Waals surface area contributed by atoms with E-state index < -0.39 is 5.91 Å². The first-order chi connectivity index (χ1) is 26.5. The number of aldehydes is 1. The molecule has 1 unspecified atom stereocenters. The molecule has 0 radical (unpaired) electrons. The number of hydrogen-bond donors (Lipinski definition) is 3. The van der Waals surface area contributed by atoms with Crippen LogP contribution in [0.15, 0.2) is 71.5 Å². The molecule has 0 bridgehead atoms. The molecule has 2 aromatic heterocycles. The molecule has 4 heterocycles. The van der Waals surface area contributed by atoms with Crippen molar-refractivity contribution in [2.24, 2.45) is 12.0 Å². The Morgan fingerprint density at radius 1 is 1.09 bits per heavy atom. The molecule has 3 N–H and O–H groups in total. The number of benzene rings is 2. The van der Waals surface area contributed by atoms with Gasteiger partial charge in [-0.1, -0.05) is 12.7 Å². The Balaban J connectivity index is 0.000000654. The highest BCUT2D eigenvalue weighted by molar-refractivity contribution is 7.20. The third-order valence-corrected chi connectivity index (χ3v) is 9.86. The third-order valence-electron chi connectivity index (χ3n) is 8.82. The third kappa shape index (κ3) is 9.52. The van der Waals surface area contributed by atoms with E-state index in [9.17, 15) is 24.0 Å². The minimum absolute atomic E-state index is 0.117. The van der Waals surface area contributed by atoms with Crippen molar-refractivity contribution in [2.75, 3.05) is 45.1 Å². The number of carbonyl (C=O) groups excluding carboxylic acids is 5. The molecule has 4 aromatic rings. The standard InChI is InChI=1S/C34H32N6O6S.C5H11NO2/c1-5-20-12-23-16-35-26-15-28(27(45-4)14-25(26)34(44)40(23)19(20)2)46-10-6-7-31(42)37-30-17-39(3)32(38-30)33(43)36-22-8-9-29-21(11-22)13-24(18-41)47-29;1-6-4-3-5(7)8-2/h5,8-9,11,13-18,23H,1,6-7,10,12H2,2-4H3,(H,36,43)(H,37,42);6H,3-4H2,1-2H3. The van der Waals surface area contributed by atoms with Crippen molar-refractivity contribution in [3.05, 3.63) is 82.8 Å². The minimum Gasteiger partial charge on any atom is -0.493 e. The Hall–Kier alpha value is -6.13. The van der Waals surface area contributed by atoms with Crippen LogP contribution in [0.1, 0.15) is 63.3 Å². The maximum Gasteiger partial charge on any atom is 0.306 e. The predicted octanol–water partition coefficient (Wildman–Crippen LogP) is 5.67. The second kappa shape index (κ2) is 18.3. The summed E-state index contributed by atoms with van der Waals surface area (Å²) in [5, 5.41) is 9.22. The fraction of sp³-hybridized carbons (Fsp3) is 0.308. The highest BCUT2D eigenvalue weighted by Crippen LogP contribution is 2.40. The molecular formula is C39H43N7O8S. The van der Waals surface area contributed by atoms with Gasteiger partial charge in [0.1, 0.15) is 0 Å². The minimum atomic E-state index is -0.444. The van der Waals surface area contributed by atoms with E-state index in [0.29, 0.717) is 59.1 Å². The van der Waals surface area contributed by atoms with Crippen LogP contribution in [0.5, 0.6) is 11.5 Å². The van der Waals surface area contributed by atoms with Gasteiger partial charge in [-0.25, -0.2) is 4.98 Å². The van der Waals surface area contributed by atoms with Crippen LogP contribution in [0, 0.1) is 0 Å². The number of aryl methyl sites for hydroxylation is 1. The number of esters is 1. The lowest BCUT2D eigenvalue weighted by Gasteiger charge is -2.22. The van der Waals surface area contributed by atoms with E-state index in [1.54, 1.807) is 67.8 Å². The molecule has 3 amide bonds. The van der Waals surface area contributed by atoms with E-state index in [4.69, 9.17) is 9.47 Å². The van der Waals surface area contributed by atoms with Gasteiger partial charge < -0.3 is 39.6 Å². The Labute approximate surface area is 322 Å². The summed E-state index contributed by atoms with van der Waals surface area (Å²) in [5.74, 6) is 0.1000. The number of anilines is 2. The molecule has 0 fully saturated rings. The van der Waals surface area contributed by atoms with E-state index in [1.807, 2.05) is 13.0 Å². The van der Waals surface area contributed by atoms with Crippen molar-refractivity contribution in [3.8, 4) is 11.5 Å². The second-order valence-electron chi connectivity index (χ2n) is 12.5. The number of thiophene rings is 1. The molecular weight excluding hydrogens is 727 g/mol. The van der Waals surface area contributed by atoms with Crippen LogP contribution in [0.2, 0.25) is 0 Å². The number of imidazole rings is 1. The average molecular weight is 770 g/mol. The quantitative estimate of drug-likeness (QED) is 0.0822. The van der Waals surface area contributed by atoms with Gasteiger partial charge in [-0.3, -0.25) is 29.0 Å². The van der Waals surface area contributed by atoms with E-state index in [-0.39, 0.29) is 48.5 Å². The Morgan fingerprint density at radius 3 is 2.60 bits per heavy atom. The van der Waals surface area contributed by atoms with Crippen molar-refractivity contribution in [3.63, 3.8) is 0 Å². The predicted molar refractivity (Wildman–Crippen MR) is 211 cm³/mol. The summed E-state index contributed by atoms with van der Waals surface area (Å²) in [6, 6.07) is 10.3. The van der Waals surface area contributed by atoms with Crippen LogP contribution in [-0.2, 0) is 21.4 Å². The van der Waals surface area contributed by atoms with Gasteiger partial charge in [-0.2, -0.15) is 0 Å². The molecule has 0 saturated heterocycles. The molecule has 0 aliphatic carbocycles. The lowest BCUT2D eigenvalue weighted by atomic mass is 10.1. The second-order valence-corrected chi connectivity index (χ2v) is 13.6. The smallest absolute Gasteiger partial charge is 0.306 e. The number of hydrogen-bond acceptors (Lipinski definition) is 12. The summed E-state index contributed by atoms with van der Waals surface area (Å²) in [7, 11) is 6.34. The maximum absolute atomic E-state index is 13.4. The SMILES string of the molecule is C=CC1=C(C)N2C(=O)c3cc(OC)c(OCCCC(=O)Nc4cn(C)c(C(=O)Nc5ccc6sc(C=O)cc6c5)n4)cc3N=CC2C1.CNCCC(=O)OC. The Kier molecular flexibility index (Phi) is 13.3. The topological polar surface area (TPSA) is 183 Å². The number of carbonyl (C=O) groups is 5. The number of methoxy groups -OCH3 is 2. The summed E-state index contributed by atoms with van der Waals surface area (Å²) < 4.78 is 18.3. The van der Waals surface area contributed by atoms with Crippen LogP contribution >= 0.6 is 11.3 Å². The highest BCUT2D eigenvalue weighted by Gasteiger charge is 2.35. The first-order valence-corrected chi connectivity index (χ1v) is 18.2. The number of allylic oxidation sites excluding steroid dienone is 2. The number of nitrogens with one attached hydrogen (secondary N) is 3. The van der Waals surface area contributed by atoms with Gasteiger partial charge >= 0.3 is 5.97 Å². The number of nitrogens with zero attached hydrogens (tertiary/aromatic N) is 4. The number of ether oxygens (including phenoxy) is 3. The molecule has 55 heavy (non-hydrogen) atoms. The largest absolute Gasteiger partial charge is 0.493 e. The fourth-order valence-corrected chi connectivity index (χ4v) is 6.85. The number of amides is 3. The lowest BCUT2D eigenvalue weighted by Crippen LogP contribution is -2.35. The molecule has 15 nitrogen and oxygen atoms in total. The number of rotatable bonds is 14. The van der Waals surface area contributed by atoms with Crippen LogP contribution in [-0.4, -0.2) is 91.1 Å². The van der Waals surface area contributed by atoms with Gasteiger partial charge in [0.2, 0.25) is 11.7 Å². The van der Waals surface area contributed by atoms with Crippen molar-refractivity contribution in [2.45, 2.75) is 38.6 Å². The zero-order valence-corrected chi connectivity index (χ0v) is 32.1. The van der Waals surface area contributed by atoms with Gasteiger partial charge in [-0.05, 0) is 61.7 Å². The molecule has 16 heteroatoms. The Morgan fingerprint density at radius 2 is 1.89 bits per heavy atom. The monoisotopic (exact) mass is 769 g/mol. The number of fused-ring (bicyclic) bond motifs is 3. The summed E-state index contributed by atoms with van der Waals surface area (Å²) in [5.41, 5.74) is 3.34. The molecule has 2 aromatic carbocycles. The zero-order valence-electron chi connectivity index (χ0n) is 31.3. The molecule has 2 aliphatic rings. The van der Waals surface area contributed by atoms with Gasteiger partial charge in [0.05, 0.1) is 49.4 Å². The summed E-state index contributed by atoms with van der Waals surface area (Å²) in [6.45, 7) is 6.65. The average Bonchev–Trinajstić information content (AvgIpc) is 3.84. The van der Waals surface area contributed by atoms with Crippen molar-refractivity contribution in [1.29, 1.82) is 0 Å². The van der Waals surface area contributed by atoms with Crippen LogP contribution in [0.4, 0.5) is 17.2 Å². The molecule has 0 spiro atoms. The van der Waals surface area contributed by atoms with Crippen molar-refractivity contribution >= 4 is 74.8 Å². The van der Waals surface area contributed by atoms with Gasteiger partial charge in [-0.15, -0.1) is 11.3 Å². The summed E-state index contributed by atoms with van der Waals surface area (Å²) in [4.78, 5) is 71.7. The van der Waals surface area contributed by atoms with E-state index >= 15 is 0 Å². The van der Waals surface area contributed by atoms with Crippen molar-refractivity contribution in [1.82, 2.24) is 19.8 Å². The first kappa shape index (κ1) is 40.1. The first-order valence-electron chi connectivity index (χ1n) is 17.4. The van der Waals surface area contributed by atoms with Crippen molar-refractivity contribution < 1.29 is 38.2 Å². The van der Waals surface area contributed by atoms with E-state index in [0.717, 1.165) is 27.6 Å². The number of aromatic nitrogens is 2. The fourth-order valence-electron chi connectivity index (χ4n) is 5.99. The zero-order chi connectivity index (χ0) is 39.6. The van der Waals surface area contributed by atoms with Gasteiger partial charge in [0, 0.05) is 61.0 Å². The maximum atomic E-state index is 13.4. The van der Waals surface area contributed by atoms with E-state index in [2.05, 4.69) is 37.2 Å². The molecule has 2 aliphatic heterocycles. The Bertz CT molecular complexity index is 2190. The van der Waals surface area contributed by atoms with Gasteiger partial charge in [0.15, 0.2) is 23.6 Å². The number of aliphatic imine (C=N–C) groups is 1. The summed E-state index contributed by atoms with van der Waals surface area (Å²) in [6.07, 6.45) is 7.54. The van der Waals surface area contributed by atoms with Crippen LogP contribution in [0.3, 0.4) is 0 Å². The normalized spacial score (nSPS) is 14.3. The molecule has 0 saturated carbocycles. The van der Waals surface area contributed by atoms with Gasteiger partial charge in [0.25, 0.3) is 11.8 Å². The lowest BCUT2D eigenvalue weighted by molar-refractivity contribution is -0.140. The van der Waals surface area contributed by atoms with Crippen LogP contribution in [0.25, 0.3) is 10.1 Å².